The van der Waals surface area contributed by atoms with Crippen LogP contribution in [0.4, 0.5) is 10.1 Å². The lowest BCUT2D eigenvalue weighted by Gasteiger charge is -2.33. The summed E-state index contributed by atoms with van der Waals surface area (Å²) < 4.78 is 45.4. The second-order valence-electron chi connectivity index (χ2n) is 7.54. The first-order valence-corrected chi connectivity index (χ1v) is 12.0. The number of amidine groups is 1. The number of imidazole rings is 1. The van der Waals surface area contributed by atoms with Crippen molar-refractivity contribution in [1.29, 1.82) is 0 Å². The molecule has 33 heavy (non-hydrogen) atoms. The molecule has 0 saturated carbocycles. The maximum atomic E-state index is 13.4. The molecule has 1 atom stereocenters. The van der Waals surface area contributed by atoms with Gasteiger partial charge in [0.1, 0.15) is 12.4 Å². The van der Waals surface area contributed by atoms with E-state index in [1.807, 2.05) is 47.1 Å². The zero-order valence-electron chi connectivity index (χ0n) is 17.4. The van der Waals surface area contributed by atoms with E-state index in [-0.39, 0.29) is 5.82 Å². The molecule has 8 nitrogen and oxygen atoms in total. The quantitative estimate of drug-likeness (QED) is 0.443. The van der Waals surface area contributed by atoms with Crippen LogP contribution in [0.1, 0.15) is 11.3 Å². The van der Waals surface area contributed by atoms with E-state index in [1.54, 1.807) is 22.9 Å². The molecule has 0 aliphatic carbocycles. The van der Waals surface area contributed by atoms with Gasteiger partial charge in [0.25, 0.3) is 11.2 Å². The van der Waals surface area contributed by atoms with Gasteiger partial charge in [0.05, 0.1) is 34.6 Å². The molecule has 0 spiro atoms. The lowest BCUT2D eigenvalue weighted by atomic mass is 10.1. The normalized spacial score (nSPS) is 19.2. The van der Waals surface area contributed by atoms with Crippen LogP contribution in [0.2, 0.25) is 0 Å². The Morgan fingerprint density at radius 3 is 2.85 bits per heavy atom. The molecular formula is C22H17FN6O2S2. The molecule has 4 heterocycles. The largest absolute Gasteiger partial charge is 0.488 e. The van der Waals surface area contributed by atoms with E-state index in [2.05, 4.69) is 13.8 Å². The second kappa shape index (κ2) is 7.78. The topological polar surface area (TPSA) is 75.8 Å². The van der Waals surface area contributed by atoms with Crippen LogP contribution in [0.3, 0.4) is 0 Å². The highest BCUT2D eigenvalue weighted by Gasteiger charge is 2.37. The maximum Gasteiger partial charge on any atom is 0.267 e. The molecule has 2 aromatic carbocycles. The summed E-state index contributed by atoms with van der Waals surface area (Å²) in [6.45, 7) is 2.83. The lowest BCUT2D eigenvalue weighted by Crippen LogP contribution is -2.47. The van der Waals surface area contributed by atoms with Crippen molar-refractivity contribution in [1.82, 2.24) is 18.9 Å². The van der Waals surface area contributed by atoms with Crippen molar-refractivity contribution in [2.24, 2.45) is 4.40 Å². The van der Waals surface area contributed by atoms with Crippen LogP contribution < -0.4 is 4.41 Å². The molecule has 6 rings (SSSR count). The molecule has 1 fully saturated rings. The van der Waals surface area contributed by atoms with Gasteiger partial charge in [0, 0.05) is 17.8 Å². The number of benzene rings is 2. The molecule has 0 bridgehead atoms. The molecule has 1 saturated heterocycles. The Kier molecular flexibility index (Phi) is 4.73. The summed E-state index contributed by atoms with van der Waals surface area (Å²) in [6.07, 6.45) is 7.49. The van der Waals surface area contributed by atoms with E-state index < -0.39 is 11.2 Å². The summed E-state index contributed by atoms with van der Waals surface area (Å²) in [5.41, 5.74) is 3.46. The highest BCUT2D eigenvalue weighted by atomic mass is 32.2. The van der Waals surface area contributed by atoms with Crippen molar-refractivity contribution in [2.75, 3.05) is 17.6 Å². The maximum absolute atomic E-state index is 13.4. The Bertz CT molecular complexity index is 1460. The van der Waals surface area contributed by atoms with E-state index in [9.17, 15) is 8.60 Å². The average molecular weight is 481 g/mol. The van der Waals surface area contributed by atoms with Gasteiger partial charge < -0.3 is 9.30 Å². The van der Waals surface area contributed by atoms with Crippen LogP contribution in [-0.4, -0.2) is 42.1 Å². The van der Waals surface area contributed by atoms with Crippen molar-refractivity contribution in [2.45, 2.75) is 6.92 Å². The molecule has 2 aromatic heterocycles. The van der Waals surface area contributed by atoms with Gasteiger partial charge in [0.15, 0.2) is 5.76 Å². The Balaban J connectivity index is 1.38. The molecule has 0 radical (unpaired) electrons. The average Bonchev–Trinajstić information content (AvgIpc) is 3.54. The van der Waals surface area contributed by atoms with Crippen LogP contribution in [-0.2, 0) is 15.9 Å². The summed E-state index contributed by atoms with van der Waals surface area (Å²) >= 11 is -0.263. The SMILES string of the molecule is Cc1cn(-c2ccc(C=C3OCCN4C3=NS(=O)N4c3ccc(F)cc3)c3cnsc23)cn1. The standard InChI is InChI=1S/C22H17FN6O2S2/c1-14-12-27(13-24-14)19-7-2-15(18-11-25-32-21(18)19)10-20-22-26-33(30)29(28(22)8-9-31-20)17-5-3-16(23)4-6-17/h2-7,10-13H,8-9H2,1H3. The van der Waals surface area contributed by atoms with E-state index >= 15 is 0 Å². The molecule has 1 unspecified atom stereocenters. The van der Waals surface area contributed by atoms with Crippen LogP contribution in [0, 0.1) is 12.7 Å². The number of hydrogen-bond acceptors (Lipinski definition) is 6. The monoisotopic (exact) mass is 480 g/mol. The predicted molar refractivity (Wildman–Crippen MR) is 127 cm³/mol. The zero-order chi connectivity index (χ0) is 22.5. The Morgan fingerprint density at radius 1 is 1.21 bits per heavy atom. The fraction of sp³-hybridized carbons (Fsp3) is 0.136. The summed E-state index contributed by atoms with van der Waals surface area (Å²) in [7, 11) is 0. The summed E-state index contributed by atoms with van der Waals surface area (Å²) in [6, 6.07) is 9.87. The van der Waals surface area contributed by atoms with Gasteiger partial charge in [-0.25, -0.2) is 18.6 Å². The van der Waals surface area contributed by atoms with Crippen molar-refractivity contribution < 1.29 is 13.3 Å². The Hall–Kier alpha value is -3.57. The van der Waals surface area contributed by atoms with Gasteiger partial charge in [-0.1, -0.05) is 6.07 Å². The molecule has 2 aliphatic rings. The van der Waals surface area contributed by atoms with Crippen molar-refractivity contribution in [3.05, 3.63) is 78.0 Å². The lowest BCUT2D eigenvalue weighted by molar-refractivity contribution is 0.177. The van der Waals surface area contributed by atoms with Gasteiger partial charge in [0.2, 0.25) is 5.84 Å². The minimum Gasteiger partial charge on any atom is -0.488 e. The molecule has 2 aliphatic heterocycles. The van der Waals surface area contributed by atoms with Crippen LogP contribution in [0.25, 0.3) is 21.8 Å². The first kappa shape index (κ1) is 20.1. The highest BCUT2D eigenvalue weighted by Crippen LogP contribution is 2.33. The number of hydrogen-bond donors (Lipinski definition) is 0. The number of halogens is 1. The van der Waals surface area contributed by atoms with Gasteiger partial charge in [-0.05, 0) is 60.4 Å². The van der Waals surface area contributed by atoms with Crippen LogP contribution in [0.15, 0.2) is 65.3 Å². The third kappa shape index (κ3) is 3.40. The summed E-state index contributed by atoms with van der Waals surface area (Å²) in [4.78, 5) is 4.32. The number of aryl methyl sites for hydroxylation is 1. The van der Waals surface area contributed by atoms with Gasteiger partial charge in [-0.3, -0.25) is 0 Å². The van der Waals surface area contributed by atoms with Crippen molar-refractivity contribution in [3.63, 3.8) is 0 Å². The summed E-state index contributed by atoms with van der Waals surface area (Å²) in [5.74, 6) is 0.655. The number of nitrogens with zero attached hydrogens (tertiary/aromatic N) is 6. The van der Waals surface area contributed by atoms with E-state index in [1.165, 1.54) is 23.7 Å². The number of ether oxygens (including phenoxy) is 1. The Morgan fingerprint density at radius 2 is 2.06 bits per heavy atom. The Labute approximate surface area is 195 Å². The van der Waals surface area contributed by atoms with Gasteiger partial charge >= 0.3 is 0 Å². The van der Waals surface area contributed by atoms with Gasteiger partial charge in [-0.15, -0.1) is 4.40 Å². The number of fused-ring (bicyclic) bond motifs is 2. The molecule has 11 heteroatoms. The van der Waals surface area contributed by atoms with E-state index in [4.69, 9.17) is 4.74 Å². The van der Waals surface area contributed by atoms with E-state index in [0.29, 0.717) is 30.4 Å². The predicted octanol–water partition coefficient (Wildman–Crippen LogP) is 4.02. The van der Waals surface area contributed by atoms with Crippen molar-refractivity contribution >= 4 is 50.4 Å². The number of morpholine rings is 1. The third-order valence-corrected chi connectivity index (χ3v) is 7.27. The second-order valence-corrected chi connectivity index (χ2v) is 9.33. The number of anilines is 1. The third-order valence-electron chi connectivity index (χ3n) is 5.42. The minimum atomic E-state index is -1.68. The number of aromatic nitrogens is 3. The van der Waals surface area contributed by atoms with Crippen LogP contribution in [0.5, 0.6) is 0 Å². The number of rotatable bonds is 3. The van der Waals surface area contributed by atoms with Crippen LogP contribution >= 0.6 is 11.5 Å². The van der Waals surface area contributed by atoms with Gasteiger partial charge in [-0.2, -0.15) is 8.79 Å². The highest BCUT2D eigenvalue weighted by molar-refractivity contribution is 7.85. The molecule has 0 amide bonds. The fourth-order valence-corrected chi connectivity index (χ4v) is 5.74. The zero-order valence-corrected chi connectivity index (χ0v) is 19.0. The molecule has 4 aromatic rings. The molecule has 0 N–H and O–H groups in total. The fourth-order valence-electron chi connectivity index (χ4n) is 3.90. The number of hydrazine groups is 1. The smallest absolute Gasteiger partial charge is 0.267 e. The first-order valence-electron chi connectivity index (χ1n) is 10.2. The minimum absolute atomic E-state index is 0.352. The molecule has 166 valence electrons. The van der Waals surface area contributed by atoms with Crippen molar-refractivity contribution in [3.8, 4) is 5.69 Å². The van der Waals surface area contributed by atoms with E-state index in [0.717, 1.165) is 27.0 Å². The first-order chi connectivity index (χ1) is 16.1. The molecular weight excluding hydrogens is 463 g/mol. The summed E-state index contributed by atoms with van der Waals surface area (Å²) in [5, 5.41) is 2.79.